The maximum atomic E-state index is 5.89. The van der Waals surface area contributed by atoms with E-state index in [0.29, 0.717) is 6.54 Å². The third kappa shape index (κ3) is 4.36. The Balaban J connectivity index is 1.92. The average Bonchev–Trinajstić information content (AvgIpc) is 2.49. The van der Waals surface area contributed by atoms with Gasteiger partial charge in [-0.1, -0.05) is 12.1 Å². The molecule has 0 spiro atoms. The van der Waals surface area contributed by atoms with Crippen molar-refractivity contribution in [3.63, 3.8) is 0 Å². The van der Waals surface area contributed by atoms with E-state index in [1.807, 2.05) is 44.2 Å². The molecule has 0 bridgehead atoms. The Labute approximate surface area is 133 Å². The molecule has 0 saturated heterocycles. The zero-order chi connectivity index (χ0) is 15.2. The molecule has 21 heavy (non-hydrogen) atoms. The van der Waals surface area contributed by atoms with Gasteiger partial charge in [0, 0.05) is 10.7 Å². The van der Waals surface area contributed by atoms with Crippen molar-refractivity contribution in [2.24, 2.45) is 0 Å². The Morgan fingerprint density at radius 2 is 2.00 bits per heavy atom. The van der Waals surface area contributed by atoms with Gasteiger partial charge in [-0.05, 0) is 53.5 Å². The molecule has 1 aromatic carbocycles. The van der Waals surface area contributed by atoms with Crippen molar-refractivity contribution in [1.29, 1.82) is 0 Å². The van der Waals surface area contributed by atoms with Gasteiger partial charge in [0.2, 0.25) is 0 Å². The Morgan fingerprint density at radius 3 is 2.67 bits per heavy atom. The first-order valence-corrected chi connectivity index (χ1v) is 7.55. The van der Waals surface area contributed by atoms with Gasteiger partial charge in [0.1, 0.15) is 11.9 Å². The van der Waals surface area contributed by atoms with E-state index in [1.165, 1.54) is 0 Å². The fourth-order valence-corrected chi connectivity index (χ4v) is 2.08. The van der Waals surface area contributed by atoms with Crippen molar-refractivity contribution in [2.75, 3.05) is 19.0 Å². The maximum Gasteiger partial charge on any atom is 0.161 e. The normalized spacial score (nSPS) is 11.8. The van der Waals surface area contributed by atoms with Gasteiger partial charge >= 0.3 is 0 Å². The number of hydrogen-bond acceptors (Lipinski definition) is 4. The van der Waals surface area contributed by atoms with Crippen molar-refractivity contribution >= 4 is 21.7 Å². The first-order chi connectivity index (χ1) is 10.1. The molecular weight excluding hydrogens is 332 g/mol. The van der Waals surface area contributed by atoms with Crippen molar-refractivity contribution in [3.8, 4) is 11.5 Å². The summed E-state index contributed by atoms with van der Waals surface area (Å²) in [5, 5.41) is 3.27. The van der Waals surface area contributed by atoms with E-state index in [2.05, 4.69) is 26.2 Å². The molecule has 112 valence electrons. The van der Waals surface area contributed by atoms with Crippen molar-refractivity contribution < 1.29 is 9.47 Å². The fourth-order valence-electron chi connectivity index (χ4n) is 1.86. The summed E-state index contributed by atoms with van der Waals surface area (Å²) in [6.07, 6.45) is 1.79. The third-order valence-corrected chi connectivity index (χ3v) is 3.84. The summed E-state index contributed by atoms with van der Waals surface area (Å²) in [6, 6.07) is 9.63. The van der Waals surface area contributed by atoms with Crippen LogP contribution in [0.2, 0.25) is 0 Å². The number of pyridine rings is 1. The van der Waals surface area contributed by atoms with Crippen LogP contribution >= 0.6 is 15.9 Å². The van der Waals surface area contributed by atoms with E-state index in [1.54, 1.807) is 13.3 Å². The molecule has 1 aromatic heterocycles. The summed E-state index contributed by atoms with van der Waals surface area (Å²) >= 11 is 3.44. The van der Waals surface area contributed by atoms with Gasteiger partial charge in [0.15, 0.2) is 11.5 Å². The number of aryl methyl sites for hydroxylation is 1. The average molecular weight is 351 g/mol. The summed E-state index contributed by atoms with van der Waals surface area (Å²) in [7, 11) is 1.64. The second kappa shape index (κ2) is 7.31. The fraction of sp³-hybridized carbons (Fsp3) is 0.312. The van der Waals surface area contributed by atoms with Crippen LogP contribution in [0.5, 0.6) is 11.5 Å². The smallest absolute Gasteiger partial charge is 0.161 e. The van der Waals surface area contributed by atoms with Crippen LogP contribution in [0.1, 0.15) is 12.5 Å². The molecule has 1 unspecified atom stereocenters. The van der Waals surface area contributed by atoms with E-state index in [9.17, 15) is 0 Å². The zero-order valence-electron chi connectivity index (χ0n) is 12.4. The second-order valence-electron chi connectivity index (χ2n) is 4.78. The number of rotatable bonds is 6. The van der Waals surface area contributed by atoms with Crippen LogP contribution < -0.4 is 14.8 Å². The molecule has 1 heterocycles. The summed E-state index contributed by atoms with van der Waals surface area (Å²) in [4.78, 5) is 4.31. The lowest BCUT2D eigenvalue weighted by Gasteiger charge is -2.17. The number of halogens is 1. The Kier molecular flexibility index (Phi) is 5.44. The number of aromatic nitrogens is 1. The highest BCUT2D eigenvalue weighted by Crippen LogP contribution is 2.26. The summed E-state index contributed by atoms with van der Waals surface area (Å²) < 4.78 is 12.2. The second-order valence-corrected chi connectivity index (χ2v) is 5.63. The molecule has 0 amide bonds. The van der Waals surface area contributed by atoms with Crippen molar-refractivity contribution in [1.82, 2.24) is 4.98 Å². The topological polar surface area (TPSA) is 43.4 Å². The molecule has 2 aromatic rings. The molecule has 0 aliphatic rings. The van der Waals surface area contributed by atoms with Crippen LogP contribution in [-0.4, -0.2) is 24.7 Å². The first kappa shape index (κ1) is 15.6. The monoisotopic (exact) mass is 350 g/mol. The predicted molar refractivity (Wildman–Crippen MR) is 88.2 cm³/mol. The minimum absolute atomic E-state index is 0.00736. The SMILES string of the molecule is COc1ccccc1OC(C)CNc1cc(C)c(Br)cn1. The Morgan fingerprint density at radius 1 is 1.29 bits per heavy atom. The number of hydrogen-bond donors (Lipinski definition) is 1. The van der Waals surface area contributed by atoms with Crippen molar-refractivity contribution in [3.05, 3.63) is 46.6 Å². The van der Waals surface area contributed by atoms with Gasteiger partial charge in [0.25, 0.3) is 0 Å². The van der Waals surface area contributed by atoms with E-state index in [-0.39, 0.29) is 6.10 Å². The van der Waals surface area contributed by atoms with Gasteiger partial charge in [-0.3, -0.25) is 0 Å². The molecular formula is C16H19BrN2O2. The molecule has 0 aliphatic carbocycles. The minimum atomic E-state index is -0.00736. The molecule has 0 fully saturated rings. The number of nitrogens with one attached hydrogen (secondary N) is 1. The van der Waals surface area contributed by atoms with Crippen LogP contribution in [0, 0.1) is 6.92 Å². The number of nitrogens with zero attached hydrogens (tertiary/aromatic N) is 1. The molecule has 1 atom stereocenters. The largest absolute Gasteiger partial charge is 0.493 e. The van der Waals surface area contributed by atoms with Gasteiger partial charge in [-0.2, -0.15) is 0 Å². The lowest BCUT2D eigenvalue weighted by molar-refractivity contribution is 0.223. The molecule has 4 nitrogen and oxygen atoms in total. The third-order valence-electron chi connectivity index (χ3n) is 3.01. The van der Waals surface area contributed by atoms with Gasteiger partial charge in [-0.15, -0.1) is 0 Å². The lowest BCUT2D eigenvalue weighted by Crippen LogP contribution is -2.23. The number of anilines is 1. The molecule has 5 heteroatoms. The number of para-hydroxylation sites is 2. The molecule has 0 radical (unpaired) electrons. The highest BCUT2D eigenvalue weighted by atomic mass is 79.9. The Bertz CT molecular complexity index is 605. The molecule has 1 N–H and O–H groups in total. The van der Waals surface area contributed by atoms with E-state index < -0.39 is 0 Å². The van der Waals surface area contributed by atoms with Crippen LogP contribution in [0.25, 0.3) is 0 Å². The number of ether oxygens (including phenoxy) is 2. The summed E-state index contributed by atoms with van der Waals surface area (Å²) in [6.45, 7) is 4.70. The first-order valence-electron chi connectivity index (χ1n) is 6.76. The van der Waals surface area contributed by atoms with Crippen LogP contribution in [0.15, 0.2) is 41.0 Å². The molecule has 0 aliphatic heterocycles. The predicted octanol–water partition coefficient (Wildman–Crippen LogP) is 4.04. The van der Waals surface area contributed by atoms with E-state index in [4.69, 9.17) is 9.47 Å². The quantitative estimate of drug-likeness (QED) is 0.853. The lowest BCUT2D eigenvalue weighted by atomic mass is 10.3. The highest BCUT2D eigenvalue weighted by Gasteiger charge is 2.09. The van der Waals surface area contributed by atoms with Crippen LogP contribution in [0.4, 0.5) is 5.82 Å². The highest BCUT2D eigenvalue weighted by molar-refractivity contribution is 9.10. The minimum Gasteiger partial charge on any atom is -0.493 e. The zero-order valence-corrected chi connectivity index (χ0v) is 14.0. The maximum absolute atomic E-state index is 5.89. The van der Waals surface area contributed by atoms with Gasteiger partial charge in [0.05, 0.1) is 13.7 Å². The van der Waals surface area contributed by atoms with Gasteiger partial charge < -0.3 is 14.8 Å². The standard InChI is InChI=1S/C16H19BrN2O2/c1-11-8-16(19-10-13(11)17)18-9-12(2)21-15-7-5-4-6-14(15)20-3/h4-8,10,12H,9H2,1-3H3,(H,18,19). The van der Waals surface area contributed by atoms with Crippen LogP contribution in [0.3, 0.4) is 0 Å². The number of methoxy groups -OCH3 is 1. The molecule has 2 rings (SSSR count). The molecule has 0 saturated carbocycles. The summed E-state index contributed by atoms with van der Waals surface area (Å²) in [5.74, 6) is 2.32. The van der Waals surface area contributed by atoms with E-state index >= 15 is 0 Å². The number of benzene rings is 1. The summed E-state index contributed by atoms with van der Waals surface area (Å²) in [5.41, 5.74) is 1.14. The van der Waals surface area contributed by atoms with Crippen LogP contribution in [-0.2, 0) is 0 Å². The van der Waals surface area contributed by atoms with Crippen molar-refractivity contribution in [2.45, 2.75) is 20.0 Å². The Hall–Kier alpha value is -1.75. The van der Waals surface area contributed by atoms with E-state index in [0.717, 1.165) is 27.4 Å². The van der Waals surface area contributed by atoms with Gasteiger partial charge in [-0.25, -0.2) is 4.98 Å².